The predicted molar refractivity (Wildman–Crippen MR) is 137 cm³/mol. The molecule has 182 valence electrons. The smallest absolute Gasteiger partial charge is 0.264 e. The lowest BCUT2D eigenvalue weighted by molar-refractivity contribution is -0.116. The summed E-state index contributed by atoms with van der Waals surface area (Å²) in [7, 11) is -2.35. The van der Waals surface area contributed by atoms with E-state index in [1.54, 1.807) is 18.2 Å². The van der Waals surface area contributed by atoms with Gasteiger partial charge in [-0.1, -0.05) is 42.5 Å². The fraction of sp³-hybridized carbons (Fsp3) is 0.259. The lowest BCUT2D eigenvalue weighted by Crippen LogP contribution is -2.36. The minimum atomic E-state index is -3.87. The van der Waals surface area contributed by atoms with Gasteiger partial charge < -0.3 is 10.2 Å². The van der Waals surface area contributed by atoms with Crippen LogP contribution in [-0.2, 0) is 21.2 Å². The van der Waals surface area contributed by atoms with E-state index in [4.69, 9.17) is 0 Å². The number of carbonyl (C=O) groups is 2. The minimum Gasteiger partial charge on any atom is -0.332 e. The van der Waals surface area contributed by atoms with Gasteiger partial charge in [0.1, 0.15) is 0 Å². The van der Waals surface area contributed by atoms with Crippen molar-refractivity contribution < 1.29 is 18.0 Å². The van der Waals surface area contributed by atoms with Crippen LogP contribution in [0.25, 0.3) is 0 Å². The van der Waals surface area contributed by atoms with Crippen LogP contribution in [0.1, 0.15) is 34.0 Å². The molecule has 0 saturated carbocycles. The molecular formula is C27H29N3O4S. The van der Waals surface area contributed by atoms with E-state index in [1.165, 1.54) is 28.4 Å². The molecule has 7 nitrogen and oxygen atoms in total. The number of carbonyl (C=O) groups excluding carboxylic acids is 2. The summed E-state index contributed by atoms with van der Waals surface area (Å²) in [6.45, 7) is 5.52. The molecule has 8 heteroatoms. The van der Waals surface area contributed by atoms with E-state index in [2.05, 4.69) is 5.32 Å². The number of nitrogens with one attached hydrogen (secondary N) is 1. The highest BCUT2D eigenvalue weighted by atomic mass is 32.2. The van der Waals surface area contributed by atoms with Crippen molar-refractivity contribution in [1.82, 2.24) is 4.90 Å². The molecule has 1 aliphatic heterocycles. The largest absolute Gasteiger partial charge is 0.332 e. The first-order chi connectivity index (χ1) is 16.6. The average Bonchev–Trinajstić information content (AvgIpc) is 3.17. The summed E-state index contributed by atoms with van der Waals surface area (Å²) in [4.78, 5) is 27.0. The summed E-state index contributed by atoms with van der Waals surface area (Å²) in [6.07, 6.45) is 0.631. The average molecular weight is 492 g/mol. The number of para-hydroxylation sites is 2. The highest BCUT2D eigenvalue weighted by Crippen LogP contribution is 2.36. The van der Waals surface area contributed by atoms with Crippen LogP contribution in [0.3, 0.4) is 0 Å². The number of nitrogens with zero attached hydrogens (tertiary/aromatic N) is 2. The van der Waals surface area contributed by atoms with E-state index < -0.39 is 15.9 Å². The van der Waals surface area contributed by atoms with Crippen LogP contribution < -0.4 is 9.62 Å². The van der Waals surface area contributed by atoms with Crippen molar-refractivity contribution in [3.8, 4) is 0 Å². The van der Waals surface area contributed by atoms with Crippen LogP contribution in [0.4, 0.5) is 11.4 Å². The predicted octanol–water partition coefficient (Wildman–Crippen LogP) is 4.15. The van der Waals surface area contributed by atoms with Crippen molar-refractivity contribution in [2.75, 3.05) is 23.2 Å². The SMILES string of the molecule is Cc1cccc(C)c1NC(=O)CN(C)C(=O)c1cccc(S(=O)(=O)N2c3ccccc3CC2C)c1. The summed E-state index contributed by atoms with van der Waals surface area (Å²) >= 11 is 0. The molecule has 3 aromatic rings. The molecule has 0 spiro atoms. The fourth-order valence-electron chi connectivity index (χ4n) is 4.50. The zero-order valence-electron chi connectivity index (χ0n) is 20.3. The number of hydrogen-bond donors (Lipinski definition) is 1. The van der Waals surface area contributed by atoms with E-state index in [0.29, 0.717) is 12.1 Å². The van der Waals surface area contributed by atoms with Gasteiger partial charge >= 0.3 is 0 Å². The first-order valence-corrected chi connectivity index (χ1v) is 12.9. The van der Waals surface area contributed by atoms with Crippen LogP contribution in [-0.4, -0.2) is 44.8 Å². The third kappa shape index (κ3) is 4.79. The Kier molecular flexibility index (Phi) is 6.67. The molecule has 0 radical (unpaired) electrons. The van der Waals surface area contributed by atoms with E-state index in [-0.39, 0.29) is 29.0 Å². The standard InChI is InChI=1S/C27H29N3O4S/c1-18-9-7-10-19(2)26(18)28-25(31)17-29(4)27(32)22-12-8-13-23(16-22)35(33,34)30-20(3)15-21-11-5-6-14-24(21)30/h5-14,16,20H,15,17H2,1-4H3,(H,28,31). The molecule has 35 heavy (non-hydrogen) atoms. The Hall–Kier alpha value is -3.65. The van der Waals surface area contributed by atoms with Crippen molar-refractivity contribution in [1.29, 1.82) is 0 Å². The van der Waals surface area contributed by atoms with Crippen LogP contribution in [0.2, 0.25) is 0 Å². The molecule has 0 aromatic heterocycles. The van der Waals surface area contributed by atoms with Gasteiger partial charge in [-0.05, 0) is 68.1 Å². The Balaban J connectivity index is 1.52. The van der Waals surface area contributed by atoms with Crippen molar-refractivity contribution in [3.63, 3.8) is 0 Å². The fourth-order valence-corrected chi connectivity index (χ4v) is 6.24. The van der Waals surface area contributed by atoms with Gasteiger partial charge in [0.05, 0.1) is 17.1 Å². The molecular weight excluding hydrogens is 462 g/mol. The maximum absolute atomic E-state index is 13.5. The normalized spacial score (nSPS) is 15.0. The van der Waals surface area contributed by atoms with Crippen molar-refractivity contribution >= 4 is 33.2 Å². The molecule has 1 atom stereocenters. The molecule has 0 bridgehead atoms. The second kappa shape index (κ2) is 9.54. The summed E-state index contributed by atoms with van der Waals surface area (Å²) in [5.74, 6) is -0.766. The van der Waals surface area contributed by atoms with Crippen molar-refractivity contribution in [2.45, 2.75) is 38.1 Å². The highest BCUT2D eigenvalue weighted by Gasteiger charge is 2.36. The zero-order valence-corrected chi connectivity index (χ0v) is 21.1. The van der Waals surface area contributed by atoms with Gasteiger partial charge in [-0.25, -0.2) is 8.42 Å². The van der Waals surface area contributed by atoms with Gasteiger partial charge in [0.2, 0.25) is 5.91 Å². The molecule has 4 rings (SSSR count). The topological polar surface area (TPSA) is 86.8 Å². The summed E-state index contributed by atoms with van der Waals surface area (Å²) in [5.41, 5.74) is 4.44. The Morgan fingerprint density at radius 2 is 1.66 bits per heavy atom. The number of aryl methyl sites for hydroxylation is 2. The lowest BCUT2D eigenvalue weighted by Gasteiger charge is -2.25. The van der Waals surface area contributed by atoms with Crippen molar-refractivity contribution in [3.05, 3.63) is 89.0 Å². The summed E-state index contributed by atoms with van der Waals surface area (Å²) < 4.78 is 28.5. The monoisotopic (exact) mass is 491 g/mol. The molecule has 3 aromatic carbocycles. The molecule has 1 unspecified atom stereocenters. The molecule has 1 N–H and O–H groups in total. The molecule has 1 aliphatic rings. The molecule has 0 saturated heterocycles. The van der Waals surface area contributed by atoms with Gasteiger partial charge in [0.25, 0.3) is 15.9 Å². The van der Waals surface area contributed by atoms with Crippen LogP contribution in [0.5, 0.6) is 0 Å². The number of anilines is 2. The third-order valence-electron chi connectivity index (χ3n) is 6.26. The maximum atomic E-state index is 13.5. The molecule has 2 amide bonds. The Morgan fingerprint density at radius 1 is 1.00 bits per heavy atom. The van der Waals surface area contributed by atoms with E-state index in [9.17, 15) is 18.0 Å². The lowest BCUT2D eigenvalue weighted by atomic mass is 10.1. The van der Waals surface area contributed by atoms with E-state index in [1.807, 2.05) is 57.2 Å². The number of rotatable bonds is 6. The van der Waals surface area contributed by atoms with Crippen LogP contribution in [0, 0.1) is 13.8 Å². The van der Waals surface area contributed by atoms with Crippen LogP contribution in [0.15, 0.2) is 71.6 Å². The first kappa shape index (κ1) is 24.5. The van der Waals surface area contributed by atoms with E-state index in [0.717, 1.165) is 22.4 Å². The first-order valence-electron chi connectivity index (χ1n) is 11.4. The van der Waals surface area contributed by atoms with Crippen LogP contribution >= 0.6 is 0 Å². The number of amides is 2. The number of hydrogen-bond acceptors (Lipinski definition) is 4. The van der Waals surface area contributed by atoms with Gasteiger partial charge in [-0.2, -0.15) is 0 Å². The molecule has 0 aliphatic carbocycles. The van der Waals surface area contributed by atoms with Gasteiger partial charge in [-0.15, -0.1) is 0 Å². The third-order valence-corrected chi connectivity index (χ3v) is 8.18. The molecule has 0 fully saturated rings. The number of likely N-dealkylation sites (N-methyl/N-ethyl adjacent to an activating group) is 1. The summed E-state index contributed by atoms with van der Waals surface area (Å²) in [6, 6.07) is 18.9. The Labute approximate surface area is 206 Å². The second-order valence-corrected chi connectivity index (χ2v) is 10.8. The minimum absolute atomic E-state index is 0.0419. The number of sulfonamides is 1. The van der Waals surface area contributed by atoms with Crippen molar-refractivity contribution in [2.24, 2.45) is 0 Å². The zero-order chi connectivity index (χ0) is 25.3. The maximum Gasteiger partial charge on any atom is 0.264 e. The number of fused-ring (bicyclic) bond motifs is 1. The van der Waals surface area contributed by atoms with Gasteiger partial charge in [-0.3, -0.25) is 13.9 Å². The summed E-state index contributed by atoms with van der Waals surface area (Å²) in [5, 5.41) is 2.87. The highest BCUT2D eigenvalue weighted by molar-refractivity contribution is 7.92. The quantitative estimate of drug-likeness (QED) is 0.561. The Morgan fingerprint density at radius 3 is 2.37 bits per heavy atom. The van der Waals surface area contributed by atoms with Gasteiger partial charge in [0.15, 0.2) is 0 Å². The Bertz CT molecular complexity index is 1380. The van der Waals surface area contributed by atoms with Gasteiger partial charge in [0, 0.05) is 24.3 Å². The molecule has 1 heterocycles. The number of benzene rings is 3. The van der Waals surface area contributed by atoms with E-state index >= 15 is 0 Å². The second-order valence-electron chi connectivity index (χ2n) is 8.99.